The topological polar surface area (TPSA) is 48.0 Å². The number of hydrogen-bond donors (Lipinski definition) is 0. The van der Waals surface area contributed by atoms with E-state index in [0.29, 0.717) is 11.5 Å². The van der Waals surface area contributed by atoms with Crippen molar-refractivity contribution >= 4 is 16.8 Å². The molecule has 2 heterocycles. The molecule has 0 aliphatic heterocycles. The number of furan rings is 1. The molecule has 0 atom stereocenters. The van der Waals surface area contributed by atoms with Crippen LogP contribution in [0, 0.1) is 6.92 Å². The first-order valence-electron chi connectivity index (χ1n) is 5.67. The van der Waals surface area contributed by atoms with Gasteiger partial charge in [0, 0.05) is 18.6 Å². The molecule has 3 aromatic rings. The van der Waals surface area contributed by atoms with Crippen LogP contribution >= 0.6 is 0 Å². The van der Waals surface area contributed by atoms with Gasteiger partial charge in [0.25, 0.3) is 0 Å². The fourth-order valence-electron chi connectivity index (χ4n) is 1.98. The van der Waals surface area contributed by atoms with E-state index < -0.39 is 0 Å². The number of nitrogens with zero attached hydrogens (tertiary/aromatic N) is 2. The van der Waals surface area contributed by atoms with Crippen LogP contribution in [0.3, 0.4) is 0 Å². The molecule has 0 unspecified atom stereocenters. The molecule has 0 N–H and O–H groups in total. The van der Waals surface area contributed by atoms with Crippen LogP contribution in [-0.4, -0.2) is 15.3 Å². The molecular formula is C14H12N2O2. The Hall–Kier alpha value is -2.36. The molecule has 1 aromatic carbocycles. The summed E-state index contributed by atoms with van der Waals surface area (Å²) in [4.78, 5) is 16.2. The lowest BCUT2D eigenvalue weighted by Crippen LogP contribution is -1.99. The Morgan fingerprint density at radius 2 is 2.22 bits per heavy atom. The maximum absolute atomic E-state index is 12.2. The number of fused-ring (bicyclic) bond motifs is 1. The highest BCUT2D eigenvalue weighted by atomic mass is 16.3. The van der Waals surface area contributed by atoms with Crippen LogP contribution in [0.5, 0.6) is 0 Å². The average Bonchev–Trinajstić information content (AvgIpc) is 2.95. The first-order valence-corrected chi connectivity index (χ1v) is 5.67. The van der Waals surface area contributed by atoms with E-state index >= 15 is 0 Å². The molecular weight excluding hydrogens is 228 g/mol. The van der Waals surface area contributed by atoms with Crippen LogP contribution in [0.1, 0.15) is 21.8 Å². The third kappa shape index (κ3) is 1.62. The lowest BCUT2D eigenvalue weighted by Gasteiger charge is -1.92. The maximum Gasteiger partial charge on any atom is 0.248 e. The summed E-state index contributed by atoms with van der Waals surface area (Å²) in [5, 5.41) is 0.939. The van der Waals surface area contributed by atoms with E-state index in [2.05, 4.69) is 4.98 Å². The molecule has 0 spiro atoms. The highest BCUT2D eigenvalue weighted by Crippen LogP contribution is 2.23. The van der Waals surface area contributed by atoms with Gasteiger partial charge in [0.05, 0.1) is 6.33 Å². The fourth-order valence-corrected chi connectivity index (χ4v) is 1.98. The Balaban J connectivity index is 2.10. The monoisotopic (exact) mass is 240 g/mol. The van der Waals surface area contributed by atoms with Crippen molar-refractivity contribution in [3.05, 3.63) is 53.8 Å². The van der Waals surface area contributed by atoms with E-state index in [1.165, 1.54) is 0 Å². The van der Waals surface area contributed by atoms with E-state index in [0.717, 1.165) is 16.5 Å². The van der Waals surface area contributed by atoms with Gasteiger partial charge < -0.3 is 8.98 Å². The van der Waals surface area contributed by atoms with E-state index in [9.17, 15) is 4.79 Å². The van der Waals surface area contributed by atoms with Gasteiger partial charge >= 0.3 is 0 Å². The number of ketones is 1. The first-order chi connectivity index (χ1) is 8.65. The second-order valence-electron chi connectivity index (χ2n) is 4.36. The van der Waals surface area contributed by atoms with Crippen molar-refractivity contribution in [1.82, 2.24) is 9.55 Å². The largest absolute Gasteiger partial charge is 0.452 e. The average molecular weight is 240 g/mol. The highest BCUT2D eigenvalue weighted by molar-refractivity contribution is 6.07. The number of hydrogen-bond acceptors (Lipinski definition) is 3. The number of aryl methyl sites for hydroxylation is 2. The third-order valence-electron chi connectivity index (χ3n) is 2.90. The predicted octanol–water partition coefficient (Wildman–Crippen LogP) is 2.71. The van der Waals surface area contributed by atoms with Gasteiger partial charge in [-0.05, 0) is 18.6 Å². The van der Waals surface area contributed by atoms with E-state index in [1.54, 1.807) is 23.2 Å². The van der Waals surface area contributed by atoms with Crippen molar-refractivity contribution in [2.24, 2.45) is 7.05 Å². The van der Waals surface area contributed by atoms with Gasteiger partial charge in [-0.25, -0.2) is 4.98 Å². The van der Waals surface area contributed by atoms with Crippen LogP contribution in [-0.2, 0) is 7.05 Å². The van der Waals surface area contributed by atoms with Gasteiger partial charge in [-0.2, -0.15) is 0 Å². The summed E-state index contributed by atoms with van der Waals surface area (Å²) in [7, 11) is 1.83. The van der Waals surface area contributed by atoms with Crippen molar-refractivity contribution in [1.29, 1.82) is 0 Å². The van der Waals surface area contributed by atoms with Crippen LogP contribution in [0.2, 0.25) is 0 Å². The summed E-state index contributed by atoms with van der Waals surface area (Å²) in [6.07, 6.45) is 3.28. The van der Waals surface area contributed by atoms with Gasteiger partial charge in [-0.15, -0.1) is 0 Å². The molecule has 90 valence electrons. The van der Waals surface area contributed by atoms with Gasteiger partial charge in [0.2, 0.25) is 5.78 Å². The van der Waals surface area contributed by atoms with Gasteiger partial charge in [-0.3, -0.25) is 4.79 Å². The number of imidazole rings is 1. The minimum absolute atomic E-state index is 0.189. The lowest BCUT2D eigenvalue weighted by molar-refractivity contribution is 0.101. The molecule has 3 rings (SSSR count). The van der Waals surface area contributed by atoms with E-state index in [1.807, 2.05) is 32.2 Å². The molecule has 4 heteroatoms. The minimum atomic E-state index is -0.189. The van der Waals surface area contributed by atoms with Crippen LogP contribution in [0.4, 0.5) is 0 Å². The Kier molecular flexibility index (Phi) is 2.30. The van der Waals surface area contributed by atoms with Crippen molar-refractivity contribution < 1.29 is 9.21 Å². The van der Waals surface area contributed by atoms with Crippen molar-refractivity contribution in [3.63, 3.8) is 0 Å². The zero-order valence-corrected chi connectivity index (χ0v) is 10.2. The quantitative estimate of drug-likeness (QED) is 0.647. The fraction of sp³-hybridized carbons (Fsp3) is 0.143. The van der Waals surface area contributed by atoms with E-state index in [-0.39, 0.29) is 5.78 Å². The molecule has 0 aliphatic rings. The van der Waals surface area contributed by atoms with Gasteiger partial charge in [0.1, 0.15) is 11.3 Å². The standard InChI is InChI=1S/C14H12N2O2/c1-9-4-3-5-10-6-12(18-14(9)10)13(17)11-7-16(2)8-15-11/h3-8H,1-2H3. The minimum Gasteiger partial charge on any atom is -0.452 e. The summed E-state index contributed by atoms with van der Waals surface area (Å²) in [5.74, 6) is 0.143. The molecule has 18 heavy (non-hydrogen) atoms. The van der Waals surface area contributed by atoms with Gasteiger partial charge in [-0.1, -0.05) is 18.2 Å². The highest BCUT2D eigenvalue weighted by Gasteiger charge is 2.17. The molecule has 2 aromatic heterocycles. The number of para-hydroxylation sites is 1. The summed E-state index contributed by atoms with van der Waals surface area (Å²) >= 11 is 0. The number of aromatic nitrogens is 2. The van der Waals surface area contributed by atoms with Crippen molar-refractivity contribution in [2.45, 2.75) is 6.92 Å². The SMILES string of the molecule is Cc1cccc2cc(C(=O)c3cn(C)cn3)oc12. The molecule has 0 saturated heterocycles. The summed E-state index contributed by atoms with van der Waals surface area (Å²) < 4.78 is 7.36. The molecule has 0 fully saturated rings. The maximum atomic E-state index is 12.2. The Morgan fingerprint density at radius 1 is 1.39 bits per heavy atom. The van der Waals surface area contributed by atoms with Crippen LogP contribution in [0.25, 0.3) is 11.0 Å². The molecule has 0 saturated carbocycles. The number of rotatable bonds is 2. The number of carbonyl (C=O) groups excluding carboxylic acids is 1. The van der Waals surface area contributed by atoms with Crippen molar-refractivity contribution in [2.75, 3.05) is 0 Å². The second-order valence-corrected chi connectivity index (χ2v) is 4.36. The Bertz CT molecular complexity index is 737. The first kappa shape index (κ1) is 10.8. The second kappa shape index (κ2) is 3.84. The molecule has 0 radical (unpaired) electrons. The predicted molar refractivity (Wildman–Crippen MR) is 67.6 cm³/mol. The number of carbonyl (C=O) groups is 1. The van der Waals surface area contributed by atoms with Crippen LogP contribution < -0.4 is 0 Å². The molecule has 4 nitrogen and oxygen atoms in total. The van der Waals surface area contributed by atoms with Crippen molar-refractivity contribution in [3.8, 4) is 0 Å². The Morgan fingerprint density at radius 3 is 2.89 bits per heavy atom. The molecule has 0 aliphatic carbocycles. The van der Waals surface area contributed by atoms with E-state index in [4.69, 9.17) is 4.42 Å². The molecule has 0 bridgehead atoms. The number of benzene rings is 1. The summed E-state index contributed by atoms with van der Waals surface area (Å²) in [5.41, 5.74) is 2.18. The zero-order chi connectivity index (χ0) is 12.7. The van der Waals surface area contributed by atoms with Crippen LogP contribution in [0.15, 0.2) is 41.2 Å². The Labute approximate surface area is 104 Å². The molecule has 0 amide bonds. The van der Waals surface area contributed by atoms with Gasteiger partial charge in [0.15, 0.2) is 5.76 Å². The zero-order valence-electron chi connectivity index (χ0n) is 10.2. The lowest BCUT2D eigenvalue weighted by atomic mass is 10.1. The summed E-state index contributed by atoms with van der Waals surface area (Å²) in [6, 6.07) is 7.60. The normalized spacial score (nSPS) is 11.0. The smallest absolute Gasteiger partial charge is 0.248 e. The summed E-state index contributed by atoms with van der Waals surface area (Å²) in [6.45, 7) is 1.96. The third-order valence-corrected chi connectivity index (χ3v) is 2.90.